The van der Waals surface area contributed by atoms with Crippen LogP contribution in [0.25, 0.3) is 11.3 Å². The molecule has 1 aliphatic carbocycles. The molecule has 0 radical (unpaired) electrons. The summed E-state index contributed by atoms with van der Waals surface area (Å²) in [4.78, 5) is 15.4. The van der Waals surface area contributed by atoms with Crippen LogP contribution in [0, 0.1) is 12.7 Å². The lowest BCUT2D eigenvalue weighted by Gasteiger charge is -2.44. The Morgan fingerprint density at radius 2 is 2.06 bits per heavy atom. The summed E-state index contributed by atoms with van der Waals surface area (Å²) in [5.41, 5.74) is 6.87. The van der Waals surface area contributed by atoms with Gasteiger partial charge in [-0.1, -0.05) is 6.07 Å². The van der Waals surface area contributed by atoms with E-state index in [0.29, 0.717) is 22.6 Å². The summed E-state index contributed by atoms with van der Waals surface area (Å²) >= 11 is 0. The first kappa shape index (κ1) is 21.6. The van der Waals surface area contributed by atoms with Crippen molar-refractivity contribution in [1.82, 2.24) is 15.2 Å². The van der Waals surface area contributed by atoms with Crippen molar-refractivity contribution in [2.45, 2.75) is 37.8 Å². The highest BCUT2D eigenvalue weighted by atomic mass is 19.1. The van der Waals surface area contributed by atoms with Crippen molar-refractivity contribution in [3.05, 3.63) is 65.2 Å². The third-order valence-corrected chi connectivity index (χ3v) is 5.73. The Balaban J connectivity index is 1.53. The van der Waals surface area contributed by atoms with E-state index < -0.39 is 23.3 Å². The minimum atomic E-state index is -0.995. The Morgan fingerprint density at radius 3 is 2.69 bits per heavy atom. The lowest BCUT2D eigenvalue weighted by molar-refractivity contribution is -0.117. The van der Waals surface area contributed by atoms with Gasteiger partial charge in [0.1, 0.15) is 23.6 Å². The molecule has 3 aromatic rings. The van der Waals surface area contributed by atoms with Gasteiger partial charge in [0.05, 0.1) is 17.8 Å². The Morgan fingerprint density at radius 1 is 1.28 bits per heavy atom. The van der Waals surface area contributed by atoms with Crippen LogP contribution in [0.3, 0.4) is 0 Å². The van der Waals surface area contributed by atoms with Crippen molar-refractivity contribution in [2.75, 3.05) is 11.9 Å². The molecule has 9 heteroatoms. The molecule has 0 bridgehead atoms. The van der Waals surface area contributed by atoms with Crippen LogP contribution >= 0.6 is 0 Å². The van der Waals surface area contributed by atoms with Crippen LogP contribution in [0.4, 0.5) is 14.6 Å². The summed E-state index contributed by atoms with van der Waals surface area (Å²) in [6, 6.07) is 9.61. The molecule has 1 saturated carbocycles. The predicted molar refractivity (Wildman–Crippen MR) is 115 cm³/mol. The molecule has 2 heterocycles. The molecule has 1 aliphatic rings. The van der Waals surface area contributed by atoms with Gasteiger partial charge in [0.25, 0.3) is 0 Å². The number of carbonyl (C=O) groups is 1. The zero-order chi connectivity index (χ0) is 22.9. The normalized spacial score (nSPS) is 19.9. The quantitative estimate of drug-likeness (QED) is 0.521. The van der Waals surface area contributed by atoms with Crippen molar-refractivity contribution in [1.29, 1.82) is 0 Å². The first-order chi connectivity index (χ1) is 15.3. The molecule has 0 spiro atoms. The van der Waals surface area contributed by atoms with Gasteiger partial charge in [-0.25, -0.2) is 8.78 Å². The highest BCUT2D eigenvalue weighted by Crippen LogP contribution is 2.45. The maximum Gasteiger partial charge on any atom is 0.221 e. The van der Waals surface area contributed by atoms with Gasteiger partial charge in [-0.05, 0) is 55.7 Å². The highest BCUT2D eigenvalue weighted by molar-refractivity contribution is 5.80. The molecule has 32 heavy (non-hydrogen) atoms. The van der Waals surface area contributed by atoms with Crippen LogP contribution in [-0.4, -0.2) is 38.9 Å². The second kappa shape index (κ2) is 8.49. The molecule has 0 unspecified atom stereocenters. The van der Waals surface area contributed by atoms with Gasteiger partial charge in [-0.2, -0.15) is 0 Å². The minimum Gasteiger partial charge on any atom is -0.507 e. The number of nitrogens with two attached hydrogens (primary N) is 1. The van der Waals surface area contributed by atoms with Crippen LogP contribution in [0.2, 0.25) is 0 Å². The molecule has 0 aliphatic heterocycles. The second-order valence-corrected chi connectivity index (χ2v) is 8.24. The van der Waals surface area contributed by atoms with Gasteiger partial charge in [-0.15, -0.1) is 10.2 Å². The van der Waals surface area contributed by atoms with E-state index in [4.69, 9.17) is 5.73 Å². The van der Waals surface area contributed by atoms with Crippen LogP contribution in [0.1, 0.15) is 29.7 Å². The largest absolute Gasteiger partial charge is 0.507 e. The van der Waals surface area contributed by atoms with Crippen molar-refractivity contribution in [3.63, 3.8) is 0 Å². The lowest BCUT2D eigenvalue weighted by Crippen LogP contribution is -2.49. The van der Waals surface area contributed by atoms with Crippen molar-refractivity contribution >= 4 is 11.7 Å². The van der Waals surface area contributed by atoms with Gasteiger partial charge in [-0.3, -0.25) is 9.78 Å². The van der Waals surface area contributed by atoms with Crippen LogP contribution in [0.5, 0.6) is 5.75 Å². The van der Waals surface area contributed by atoms with Crippen molar-refractivity contribution in [3.8, 4) is 17.0 Å². The number of nitrogens with zero attached hydrogens (tertiary/aromatic N) is 3. The number of amides is 1. The zero-order valence-electron chi connectivity index (χ0n) is 17.5. The maximum absolute atomic E-state index is 14.3. The van der Waals surface area contributed by atoms with Crippen LogP contribution < -0.4 is 11.1 Å². The standard InChI is InChI=1S/C23H23F2N5O2/c1-13-7-14(9-19(26)31)21(32)16(8-13)18-4-5-20(30-29-18)28-12-23(10-15(24)11-23)22-17(25)3-2-6-27-22/h2-8,15,32H,9-12H2,1H3,(H2,26,31)(H,28,30). The number of aromatic nitrogens is 3. The predicted octanol–water partition coefficient (Wildman–Crippen LogP) is 3.20. The first-order valence-electron chi connectivity index (χ1n) is 10.2. The molecule has 4 rings (SSSR count). The van der Waals surface area contributed by atoms with E-state index in [1.165, 1.54) is 18.3 Å². The monoisotopic (exact) mass is 439 g/mol. The summed E-state index contributed by atoms with van der Waals surface area (Å²) in [7, 11) is 0. The molecular formula is C23H23F2N5O2. The Labute approximate surface area is 183 Å². The third kappa shape index (κ3) is 4.23. The Kier molecular flexibility index (Phi) is 5.73. The number of pyridine rings is 1. The van der Waals surface area contributed by atoms with Crippen LogP contribution in [-0.2, 0) is 16.6 Å². The molecule has 1 fully saturated rings. The molecule has 1 amide bonds. The number of benzene rings is 1. The second-order valence-electron chi connectivity index (χ2n) is 8.24. The molecule has 7 nitrogen and oxygen atoms in total. The summed E-state index contributed by atoms with van der Waals surface area (Å²) < 4.78 is 28.0. The SMILES string of the molecule is Cc1cc(CC(N)=O)c(O)c(-c2ccc(NCC3(c4ncccc4F)CC(F)C3)nn2)c1. The fraction of sp³-hybridized carbons (Fsp3) is 0.304. The smallest absolute Gasteiger partial charge is 0.221 e. The molecule has 166 valence electrons. The van der Waals surface area contributed by atoms with E-state index in [-0.39, 0.29) is 37.3 Å². The summed E-state index contributed by atoms with van der Waals surface area (Å²) in [5, 5.41) is 22.0. The number of aromatic hydroxyl groups is 1. The number of anilines is 1. The molecule has 2 aromatic heterocycles. The fourth-order valence-corrected chi connectivity index (χ4v) is 4.19. The van der Waals surface area contributed by atoms with Gasteiger partial charge in [0.2, 0.25) is 5.91 Å². The average molecular weight is 439 g/mol. The third-order valence-electron chi connectivity index (χ3n) is 5.73. The van der Waals surface area contributed by atoms with E-state index in [9.17, 15) is 18.7 Å². The Bertz CT molecular complexity index is 1150. The average Bonchev–Trinajstić information content (AvgIpc) is 2.73. The molecule has 1 aromatic carbocycles. The number of primary amides is 1. The fourth-order valence-electron chi connectivity index (χ4n) is 4.19. The van der Waals surface area contributed by atoms with Gasteiger partial charge in [0.15, 0.2) is 0 Å². The minimum absolute atomic E-state index is 0.0718. The number of hydrogen-bond acceptors (Lipinski definition) is 6. The van der Waals surface area contributed by atoms with Gasteiger partial charge >= 0.3 is 0 Å². The van der Waals surface area contributed by atoms with E-state index >= 15 is 0 Å². The molecule has 0 atom stereocenters. The zero-order valence-corrected chi connectivity index (χ0v) is 17.5. The number of aryl methyl sites for hydroxylation is 1. The number of nitrogens with one attached hydrogen (secondary N) is 1. The molecule has 4 N–H and O–H groups in total. The number of alkyl halides is 1. The number of halogens is 2. The topological polar surface area (TPSA) is 114 Å². The van der Waals surface area contributed by atoms with Crippen molar-refractivity contribution < 1.29 is 18.7 Å². The van der Waals surface area contributed by atoms with Crippen LogP contribution in [0.15, 0.2) is 42.6 Å². The number of carbonyl (C=O) groups excluding carboxylic acids is 1. The number of rotatable bonds is 7. The lowest BCUT2D eigenvalue weighted by atomic mass is 9.65. The molecular weight excluding hydrogens is 416 g/mol. The van der Waals surface area contributed by atoms with Gasteiger partial charge in [0, 0.05) is 29.3 Å². The number of hydrogen-bond donors (Lipinski definition) is 3. The summed E-state index contributed by atoms with van der Waals surface area (Å²) in [6.07, 6.45) is 0.778. The van der Waals surface area contributed by atoms with Gasteiger partial charge < -0.3 is 16.2 Å². The first-order valence-corrected chi connectivity index (χ1v) is 10.2. The Hall–Kier alpha value is -3.62. The number of phenols is 1. The number of phenolic OH excluding ortho intramolecular Hbond substituents is 1. The summed E-state index contributed by atoms with van der Waals surface area (Å²) in [5.74, 6) is -0.648. The van der Waals surface area contributed by atoms with E-state index in [2.05, 4.69) is 20.5 Å². The van der Waals surface area contributed by atoms with E-state index in [0.717, 1.165) is 5.56 Å². The van der Waals surface area contributed by atoms with E-state index in [1.807, 2.05) is 6.92 Å². The maximum atomic E-state index is 14.3. The summed E-state index contributed by atoms with van der Waals surface area (Å²) in [6.45, 7) is 2.09. The van der Waals surface area contributed by atoms with Crippen molar-refractivity contribution in [2.24, 2.45) is 5.73 Å². The van der Waals surface area contributed by atoms with E-state index in [1.54, 1.807) is 24.3 Å². The highest BCUT2D eigenvalue weighted by Gasteiger charge is 2.48. The molecule has 0 saturated heterocycles.